The van der Waals surface area contributed by atoms with Crippen molar-refractivity contribution in [2.75, 3.05) is 14.2 Å². The van der Waals surface area contributed by atoms with Gasteiger partial charge in [0.1, 0.15) is 11.5 Å². The van der Waals surface area contributed by atoms with Crippen LogP contribution in [-0.2, 0) is 9.22 Å². The summed E-state index contributed by atoms with van der Waals surface area (Å²) in [7, 11) is 1.14. The Morgan fingerprint density at radius 3 is 1.81 bits per heavy atom. The van der Waals surface area contributed by atoms with Gasteiger partial charge in [0, 0.05) is 5.56 Å². The van der Waals surface area contributed by atoms with Crippen LogP contribution in [0.25, 0.3) is 0 Å². The first-order chi connectivity index (χ1) is 14.9. The van der Waals surface area contributed by atoms with Crippen LogP contribution in [0.4, 0.5) is 0 Å². The van der Waals surface area contributed by atoms with E-state index >= 15 is 0 Å². The van der Waals surface area contributed by atoms with Gasteiger partial charge in [0.05, 0.1) is 20.3 Å². The van der Waals surface area contributed by atoms with Crippen molar-refractivity contribution in [1.29, 1.82) is 0 Å². The van der Waals surface area contributed by atoms with E-state index in [1.54, 1.807) is 38.5 Å². The van der Waals surface area contributed by atoms with Crippen LogP contribution < -0.4 is 9.47 Å². The fourth-order valence-electron chi connectivity index (χ4n) is 4.07. The molecule has 0 aliphatic carbocycles. The highest BCUT2D eigenvalue weighted by molar-refractivity contribution is 6.73. The van der Waals surface area contributed by atoms with Crippen LogP contribution in [0.1, 0.15) is 42.7 Å². The molecule has 1 aliphatic rings. The number of imide groups is 1. The van der Waals surface area contributed by atoms with Crippen LogP contribution in [0, 0.1) is 0 Å². The molecule has 0 spiro atoms. The summed E-state index contributed by atoms with van der Waals surface area (Å²) in [4.78, 5) is 27.8. The van der Waals surface area contributed by atoms with E-state index in [0.717, 1.165) is 29.4 Å². The van der Waals surface area contributed by atoms with Gasteiger partial charge in [-0.1, -0.05) is 32.9 Å². The molecule has 1 aliphatic heterocycles. The summed E-state index contributed by atoms with van der Waals surface area (Å²) < 4.78 is 17.0. The maximum atomic E-state index is 13.3. The maximum Gasteiger partial charge on any atom is 0.261 e. The predicted molar refractivity (Wildman–Crippen MR) is 122 cm³/mol. The molecule has 2 atom stereocenters. The Balaban J connectivity index is 1.95. The number of carbonyl (C=O) groups is 2. The van der Waals surface area contributed by atoms with E-state index in [-0.39, 0.29) is 11.8 Å². The molecule has 0 aromatic heterocycles. The number of likely N-dealkylation sites (tertiary alicyclic amines) is 1. The number of amides is 2. The first-order valence-electron chi connectivity index (χ1n) is 10.8. The van der Waals surface area contributed by atoms with Crippen LogP contribution in [0.2, 0.25) is 18.1 Å². The Kier molecular flexibility index (Phi) is 7.18. The van der Waals surface area contributed by atoms with E-state index in [1.807, 2.05) is 24.3 Å². The summed E-state index contributed by atoms with van der Waals surface area (Å²) in [6, 6.07) is 16.6. The van der Waals surface area contributed by atoms with Gasteiger partial charge >= 0.3 is 0 Å². The highest BCUT2D eigenvalue weighted by Crippen LogP contribution is 2.41. The molecule has 2 aromatic carbocycles. The molecule has 2 amide bonds. The third-order valence-electron chi connectivity index (χ3n) is 6.37. The number of benzene rings is 2. The second kappa shape index (κ2) is 9.66. The summed E-state index contributed by atoms with van der Waals surface area (Å²) in [5.74, 6) is 0.780. The topological polar surface area (TPSA) is 65.1 Å². The van der Waals surface area contributed by atoms with Gasteiger partial charge < -0.3 is 13.9 Å². The van der Waals surface area contributed by atoms with Crippen molar-refractivity contribution >= 4 is 20.1 Å². The van der Waals surface area contributed by atoms with Gasteiger partial charge in [0.2, 0.25) is 0 Å². The van der Waals surface area contributed by atoms with Crippen molar-refractivity contribution in [3.8, 4) is 11.5 Å². The van der Waals surface area contributed by atoms with E-state index in [2.05, 4.69) is 20.8 Å². The van der Waals surface area contributed by atoms with Crippen LogP contribution >= 0.6 is 0 Å². The predicted octanol–water partition coefficient (Wildman–Crippen LogP) is 4.82. The van der Waals surface area contributed by atoms with Gasteiger partial charge in [0.25, 0.3) is 11.8 Å². The molecule has 0 saturated carbocycles. The number of hydrogen-bond acceptors (Lipinski definition) is 5. The molecule has 1 fully saturated rings. The van der Waals surface area contributed by atoms with Crippen LogP contribution in [0.15, 0.2) is 48.5 Å². The summed E-state index contributed by atoms with van der Waals surface area (Å²) in [6.07, 6.45) is -0.637. The molecule has 0 N–H and O–H groups in total. The normalized spacial score (nSPS) is 18.5. The van der Waals surface area contributed by atoms with Crippen LogP contribution in [0.3, 0.4) is 0 Å². The smallest absolute Gasteiger partial charge is 0.261 e. The van der Waals surface area contributed by atoms with E-state index in [1.165, 1.54) is 4.90 Å². The fourth-order valence-corrected chi connectivity index (χ4v) is 6.84. The minimum atomic E-state index is -2.04. The van der Waals surface area contributed by atoms with E-state index in [4.69, 9.17) is 13.9 Å². The molecule has 1 saturated heterocycles. The lowest BCUT2D eigenvalue weighted by Crippen LogP contribution is -2.64. The molecular weight excluding hydrogens is 410 g/mol. The van der Waals surface area contributed by atoms with Gasteiger partial charge in [0.15, 0.2) is 14.4 Å². The van der Waals surface area contributed by atoms with E-state index in [0.29, 0.717) is 11.3 Å². The molecule has 6 nitrogen and oxygen atoms in total. The van der Waals surface area contributed by atoms with Gasteiger partial charge in [-0.15, -0.1) is 0 Å². The summed E-state index contributed by atoms with van der Waals surface area (Å²) in [5, 5.41) is 0. The lowest BCUT2D eigenvalue weighted by molar-refractivity contribution is -0.158. The molecular formula is C24H31NO5Si. The molecule has 0 bridgehead atoms. The monoisotopic (exact) mass is 441 g/mol. The second-order valence-corrected chi connectivity index (χ2v) is 12.5. The van der Waals surface area contributed by atoms with Crippen molar-refractivity contribution in [2.45, 2.75) is 51.0 Å². The van der Waals surface area contributed by atoms with Gasteiger partial charge in [-0.05, 0) is 60.1 Å². The SMILES string of the molecule is CC[Si](CC)(CC)O[C@H]1C(=O)N(C(=O)c2ccc(OC)cc2)[C@H]1c1ccc(OC)cc1. The Morgan fingerprint density at radius 2 is 1.35 bits per heavy atom. The Bertz CT molecular complexity index is 900. The van der Waals surface area contributed by atoms with Crippen molar-refractivity contribution in [3.63, 3.8) is 0 Å². The number of ether oxygens (including phenoxy) is 2. The first kappa shape index (κ1) is 23.0. The Morgan fingerprint density at radius 1 is 0.871 bits per heavy atom. The number of methoxy groups -OCH3 is 2. The second-order valence-electron chi connectivity index (χ2n) is 7.74. The van der Waals surface area contributed by atoms with E-state index < -0.39 is 20.5 Å². The molecule has 2 aromatic rings. The molecule has 166 valence electrons. The Hall–Kier alpha value is -2.64. The lowest BCUT2D eigenvalue weighted by atomic mass is 9.90. The number of β-lactam (4-membered cyclic amide) rings is 1. The zero-order chi connectivity index (χ0) is 22.6. The van der Waals surface area contributed by atoms with Gasteiger partial charge in [-0.2, -0.15) is 0 Å². The number of hydrogen-bond donors (Lipinski definition) is 0. The molecule has 0 unspecified atom stereocenters. The number of carbonyl (C=O) groups excluding carboxylic acids is 2. The zero-order valence-electron chi connectivity index (χ0n) is 18.9. The first-order valence-corrected chi connectivity index (χ1v) is 13.3. The highest BCUT2D eigenvalue weighted by Gasteiger charge is 2.54. The fraction of sp³-hybridized carbons (Fsp3) is 0.417. The summed E-state index contributed by atoms with van der Waals surface area (Å²) in [5.41, 5.74) is 1.30. The number of rotatable bonds is 9. The summed E-state index contributed by atoms with van der Waals surface area (Å²) in [6.45, 7) is 6.39. The van der Waals surface area contributed by atoms with Crippen molar-refractivity contribution in [2.24, 2.45) is 0 Å². The molecule has 7 heteroatoms. The highest BCUT2D eigenvalue weighted by atomic mass is 28.4. The van der Waals surface area contributed by atoms with Gasteiger partial charge in [-0.3, -0.25) is 14.5 Å². The largest absolute Gasteiger partial charge is 0.497 e. The lowest BCUT2D eigenvalue weighted by Gasteiger charge is -2.48. The molecule has 1 heterocycles. The maximum absolute atomic E-state index is 13.3. The van der Waals surface area contributed by atoms with Crippen molar-refractivity contribution in [1.82, 2.24) is 4.90 Å². The third-order valence-corrected chi connectivity index (χ3v) is 11.0. The van der Waals surface area contributed by atoms with Crippen LogP contribution in [-0.4, -0.2) is 45.4 Å². The van der Waals surface area contributed by atoms with Crippen molar-refractivity contribution in [3.05, 3.63) is 59.7 Å². The van der Waals surface area contributed by atoms with E-state index in [9.17, 15) is 9.59 Å². The third kappa shape index (κ3) is 4.38. The minimum Gasteiger partial charge on any atom is -0.497 e. The zero-order valence-corrected chi connectivity index (χ0v) is 19.9. The Labute approximate surface area is 185 Å². The minimum absolute atomic E-state index is 0.270. The molecule has 3 rings (SSSR count). The molecule has 0 radical (unpaired) electrons. The molecule has 31 heavy (non-hydrogen) atoms. The van der Waals surface area contributed by atoms with Crippen molar-refractivity contribution < 1.29 is 23.5 Å². The quantitative estimate of drug-likeness (QED) is 0.317. The average molecular weight is 442 g/mol. The summed E-state index contributed by atoms with van der Waals surface area (Å²) >= 11 is 0. The van der Waals surface area contributed by atoms with Crippen LogP contribution in [0.5, 0.6) is 11.5 Å². The average Bonchev–Trinajstić information content (AvgIpc) is 2.83. The standard InChI is InChI=1S/C24H31NO5Si/c1-6-31(7-2,8-3)30-22-21(17-9-13-19(28-4)14-10-17)25(24(22)27)23(26)18-11-15-20(29-5)16-12-18/h9-16,21-22H,6-8H2,1-5H3/t21-,22+/m0/s1. The van der Waals surface area contributed by atoms with Gasteiger partial charge in [-0.25, -0.2) is 0 Å². The number of nitrogens with zero attached hydrogens (tertiary/aromatic N) is 1.